The number of hydrogen-bond acceptors (Lipinski definition) is 10. The number of unbranched alkanes of at least 4 members (excludes halogenated alkanes) is 6. The first kappa shape index (κ1) is 44.0. The molecular weight excluding hydrogens is 688 g/mol. The molecule has 0 spiro atoms. The summed E-state index contributed by atoms with van der Waals surface area (Å²) in [7, 11) is 0. The Hall–Kier alpha value is -2.72. The summed E-state index contributed by atoms with van der Waals surface area (Å²) in [6.07, 6.45) is 26.1. The van der Waals surface area contributed by atoms with Gasteiger partial charge >= 0.3 is 23.9 Å². The Morgan fingerprint density at radius 3 is 1.06 bits per heavy atom. The monoisotopic (exact) mass is 758 g/mol. The second kappa shape index (κ2) is 25.4. The average molecular weight is 759 g/mol. The van der Waals surface area contributed by atoms with Crippen LogP contribution < -0.4 is 0 Å². The van der Waals surface area contributed by atoms with Crippen LogP contribution in [0.2, 0.25) is 0 Å². The van der Waals surface area contributed by atoms with E-state index in [1.165, 1.54) is 12.2 Å². The summed E-state index contributed by atoms with van der Waals surface area (Å²) in [5.74, 6) is 0.607. The first-order valence-corrected chi connectivity index (χ1v) is 21.6. The van der Waals surface area contributed by atoms with Crippen LogP contribution in [-0.4, -0.2) is 74.7 Å². The van der Waals surface area contributed by atoms with Crippen molar-refractivity contribution in [2.75, 3.05) is 26.4 Å². The minimum Gasteiger partial charge on any atom is -0.463 e. The van der Waals surface area contributed by atoms with E-state index in [9.17, 15) is 19.2 Å². The molecule has 0 unspecified atom stereocenters. The number of rotatable bonds is 23. The van der Waals surface area contributed by atoms with E-state index >= 15 is 0 Å². The molecule has 10 heteroatoms. The molecule has 0 saturated heterocycles. The van der Waals surface area contributed by atoms with E-state index in [0.717, 1.165) is 167 Å². The van der Waals surface area contributed by atoms with Gasteiger partial charge in [0.25, 0.3) is 0 Å². The van der Waals surface area contributed by atoms with E-state index in [-0.39, 0.29) is 60.1 Å². The summed E-state index contributed by atoms with van der Waals surface area (Å²) >= 11 is 0. The molecule has 0 aromatic heterocycles. The Morgan fingerprint density at radius 1 is 0.407 bits per heavy atom. The van der Waals surface area contributed by atoms with Gasteiger partial charge in [-0.2, -0.15) is 0 Å². The van der Waals surface area contributed by atoms with Gasteiger partial charge in [-0.15, -0.1) is 0 Å². The molecule has 4 saturated carbocycles. The third-order valence-electron chi connectivity index (χ3n) is 12.3. The maximum atomic E-state index is 13.0. The largest absolute Gasteiger partial charge is 0.463 e. The molecule has 10 nitrogen and oxygen atoms in total. The highest BCUT2D eigenvalue weighted by Gasteiger charge is 2.36. The van der Waals surface area contributed by atoms with Crippen LogP contribution in [0.15, 0.2) is 25.3 Å². The smallest absolute Gasteiger partial charge is 0.330 e. The van der Waals surface area contributed by atoms with Crippen LogP contribution in [0.5, 0.6) is 0 Å². The minimum atomic E-state index is -0.363. The number of ether oxygens (including phenoxy) is 6. The maximum Gasteiger partial charge on any atom is 0.330 e. The molecule has 4 aliphatic carbocycles. The van der Waals surface area contributed by atoms with E-state index in [2.05, 4.69) is 13.2 Å². The molecule has 0 heterocycles. The molecule has 0 bridgehead atoms. The van der Waals surface area contributed by atoms with Crippen molar-refractivity contribution in [3.8, 4) is 0 Å². The molecule has 4 rings (SSSR count). The van der Waals surface area contributed by atoms with Crippen molar-refractivity contribution in [1.29, 1.82) is 0 Å². The summed E-state index contributed by atoms with van der Waals surface area (Å²) in [4.78, 5) is 48.1. The van der Waals surface area contributed by atoms with Gasteiger partial charge in [-0.05, 0) is 153 Å². The predicted octanol–water partition coefficient (Wildman–Crippen LogP) is 8.92. The van der Waals surface area contributed by atoms with Gasteiger partial charge in [0.05, 0.1) is 37.3 Å². The van der Waals surface area contributed by atoms with E-state index < -0.39 is 0 Å². The number of hydrogen-bond donors (Lipinski definition) is 0. The summed E-state index contributed by atoms with van der Waals surface area (Å²) in [5.41, 5.74) is 0. The van der Waals surface area contributed by atoms with Crippen molar-refractivity contribution >= 4 is 23.9 Å². The molecule has 0 aromatic carbocycles. The van der Waals surface area contributed by atoms with E-state index in [1.54, 1.807) is 0 Å². The van der Waals surface area contributed by atoms with Gasteiger partial charge in [0, 0.05) is 25.4 Å². The first-order chi connectivity index (χ1) is 26.3. The quantitative estimate of drug-likeness (QED) is 0.0432. The van der Waals surface area contributed by atoms with Gasteiger partial charge in [-0.1, -0.05) is 26.0 Å². The Labute approximate surface area is 324 Å². The van der Waals surface area contributed by atoms with Crippen molar-refractivity contribution in [1.82, 2.24) is 0 Å². The van der Waals surface area contributed by atoms with Crippen LogP contribution in [0, 0.1) is 23.7 Å². The zero-order valence-electron chi connectivity index (χ0n) is 33.1. The van der Waals surface area contributed by atoms with Crippen LogP contribution in [0.25, 0.3) is 0 Å². The Morgan fingerprint density at radius 2 is 0.722 bits per heavy atom. The van der Waals surface area contributed by atoms with Crippen LogP contribution in [0.3, 0.4) is 0 Å². The molecule has 4 aliphatic rings. The summed E-state index contributed by atoms with van der Waals surface area (Å²) in [6, 6.07) is 0. The average Bonchev–Trinajstić information content (AvgIpc) is 3.20. The maximum absolute atomic E-state index is 13.0. The second-order valence-electron chi connectivity index (χ2n) is 16.2. The normalized spacial score (nSPS) is 28.7. The second-order valence-corrected chi connectivity index (χ2v) is 16.2. The lowest BCUT2D eigenvalue weighted by molar-refractivity contribution is -0.160. The zero-order valence-corrected chi connectivity index (χ0v) is 33.1. The minimum absolute atomic E-state index is 0.00230. The van der Waals surface area contributed by atoms with Crippen LogP contribution in [-0.2, 0) is 47.6 Å². The SMILES string of the molecule is C=CC(=O)OCCCCCCOC1CCC(C(=O)OC2CCC(C3CCC(OC(=O)C4CCC(OCCCCCCOC(=O)C=C)CC4)CC3)CC2)CC1. The molecule has 4 fully saturated rings. The summed E-state index contributed by atoms with van der Waals surface area (Å²) < 4.78 is 34.3. The van der Waals surface area contributed by atoms with E-state index in [4.69, 9.17) is 28.4 Å². The van der Waals surface area contributed by atoms with Gasteiger partial charge in [-0.3, -0.25) is 9.59 Å². The first-order valence-electron chi connectivity index (χ1n) is 21.6. The Kier molecular flexibility index (Phi) is 20.7. The van der Waals surface area contributed by atoms with Crippen molar-refractivity contribution in [3.63, 3.8) is 0 Å². The lowest BCUT2D eigenvalue weighted by Gasteiger charge is -2.38. The highest BCUT2D eigenvalue weighted by Crippen LogP contribution is 2.40. The summed E-state index contributed by atoms with van der Waals surface area (Å²) in [6.45, 7) is 9.16. The van der Waals surface area contributed by atoms with Crippen LogP contribution >= 0.6 is 0 Å². The number of carbonyl (C=O) groups is 4. The fourth-order valence-corrected chi connectivity index (χ4v) is 8.89. The molecular formula is C44H70O10. The molecule has 306 valence electrons. The molecule has 0 N–H and O–H groups in total. The van der Waals surface area contributed by atoms with Gasteiger partial charge in [-0.25, -0.2) is 9.59 Å². The highest BCUT2D eigenvalue weighted by molar-refractivity contribution is 5.81. The van der Waals surface area contributed by atoms with Crippen molar-refractivity contribution in [2.45, 2.75) is 179 Å². The van der Waals surface area contributed by atoms with Crippen molar-refractivity contribution < 1.29 is 47.6 Å². The van der Waals surface area contributed by atoms with E-state index in [0.29, 0.717) is 25.0 Å². The van der Waals surface area contributed by atoms with Crippen molar-refractivity contribution in [3.05, 3.63) is 25.3 Å². The number of carbonyl (C=O) groups excluding carboxylic acids is 4. The molecule has 0 amide bonds. The standard InChI is InChI=1S/C44H70O10/c1-3-41(45)51-31-11-7-5-9-29-49-37-21-17-35(18-22-37)43(47)53-39-25-13-33(14-26-39)34-15-27-40(28-16-34)54-44(48)36-19-23-38(24-20-36)50-30-10-6-8-12-32-52-42(46)4-2/h3-4,33-40H,1-2,5-32H2. The molecule has 0 aliphatic heterocycles. The van der Waals surface area contributed by atoms with Gasteiger partial charge in [0.2, 0.25) is 0 Å². The van der Waals surface area contributed by atoms with Crippen LogP contribution in [0.4, 0.5) is 0 Å². The zero-order chi connectivity index (χ0) is 38.4. The topological polar surface area (TPSA) is 124 Å². The fraction of sp³-hybridized carbons (Fsp3) is 0.818. The molecule has 0 radical (unpaired) electrons. The van der Waals surface area contributed by atoms with Crippen LogP contribution in [0.1, 0.15) is 154 Å². The molecule has 54 heavy (non-hydrogen) atoms. The predicted molar refractivity (Wildman–Crippen MR) is 206 cm³/mol. The highest BCUT2D eigenvalue weighted by atomic mass is 16.6. The van der Waals surface area contributed by atoms with Crippen molar-refractivity contribution in [2.24, 2.45) is 23.7 Å². The van der Waals surface area contributed by atoms with E-state index in [1.807, 2.05) is 0 Å². The summed E-state index contributed by atoms with van der Waals surface area (Å²) in [5, 5.41) is 0. The molecule has 0 aromatic rings. The Balaban J connectivity index is 0.972. The molecule has 0 atom stereocenters. The Bertz CT molecular complexity index is 1030. The van der Waals surface area contributed by atoms with Gasteiger partial charge < -0.3 is 28.4 Å². The fourth-order valence-electron chi connectivity index (χ4n) is 8.89. The third kappa shape index (κ3) is 16.6. The lowest BCUT2D eigenvalue weighted by Crippen LogP contribution is -2.35. The third-order valence-corrected chi connectivity index (χ3v) is 12.3. The van der Waals surface area contributed by atoms with Gasteiger partial charge in [0.1, 0.15) is 12.2 Å². The number of esters is 4. The van der Waals surface area contributed by atoms with Gasteiger partial charge in [0.15, 0.2) is 0 Å². The lowest BCUT2D eigenvalue weighted by atomic mass is 9.72.